The maximum atomic E-state index is 12.6. The number of alkyl halides is 3. The van der Waals surface area contributed by atoms with Crippen molar-refractivity contribution in [1.29, 1.82) is 0 Å². The van der Waals surface area contributed by atoms with Crippen LogP contribution in [0.4, 0.5) is 24.7 Å². The number of pyridine rings is 1. The van der Waals surface area contributed by atoms with Gasteiger partial charge in [0, 0.05) is 35.1 Å². The number of benzene rings is 2. The number of hydrogen-bond donors (Lipinski definition) is 1. The van der Waals surface area contributed by atoms with E-state index in [9.17, 15) is 13.2 Å². The minimum absolute atomic E-state index is 0.334. The third-order valence-electron chi connectivity index (χ3n) is 4.53. The maximum absolute atomic E-state index is 12.6. The van der Waals surface area contributed by atoms with Gasteiger partial charge in [-0.15, -0.1) is 13.2 Å². The van der Waals surface area contributed by atoms with Gasteiger partial charge in [-0.25, -0.2) is 9.97 Å². The van der Waals surface area contributed by atoms with Gasteiger partial charge in [0.2, 0.25) is 0 Å². The zero-order chi connectivity index (χ0) is 22.7. The molecule has 0 bridgehead atoms. The smallest absolute Gasteiger partial charge is 0.494 e. The molecule has 32 heavy (non-hydrogen) atoms. The minimum Gasteiger partial charge on any atom is -0.494 e. The van der Waals surface area contributed by atoms with E-state index in [0.717, 1.165) is 5.56 Å². The topological polar surface area (TPSA) is 69.2 Å². The molecular weight excluding hydrogens is 421 g/mol. The van der Waals surface area contributed by atoms with Gasteiger partial charge in [-0.1, -0.05) is 6.07 Å². The predicted octanol–water partition coefficient (Wildman–Crippen LogP) is 6.04. The Hall–Kier alpha value is -3.88. The van der Waals surface area contributed by atoms with E-state index in [1.54, 1.807) is 30.6 Å². The molecule has 0 amide bonds. The molecule has 0 spiro atoms. The Bertz CT molecular complexity index is 1250. The number of nitrogens with zero attached hydrogens (tertiary/aromatic N) is 3. The highest BCUT2D eigenvalue weighted by molar-refractivity contribution is 5.95. The van der Waals surface area contributed by atoms with E-state index in [-0.39, 0.29) is 5.75 Å². The third kappa shape index (κ3) is 4.88. The zero-order valence-corrected chi connectivity index (χ0v) is 17.3. The molecule has 4 rings (SSSR count). The molecule has 4 aromatic rings. The van der Waals surface area contributed by atoms with E-state index < -0.39 is 6.36 Å². The zero-order valence-electron chi connectivity index (χ0n) is 17.3. The van der Waals surface area contributed by atoms with Gasteiger partial charge < -0.3 is 14.8 Å². The molecule has 164 valence electrons. The molecule has 2 aromatic heterocycles. The standard InChI is InChI=1S/C23H19F3N4O2/c1-3-31-18-10-14(2)20-19(12-18)22(30-21(29-20)15-6-5-9-27-13-15)28-16-7-4-8-17(11-16)32-23(24,25)26/h4-13H,3H2,1-2H3,(H,28,29,30). The Labute approximate surface area is 182 Å². The molecule has 2 heterocycles. The van der Waals surface area contributed by atoms with Crippen molar-refractivity contribution in [2.45, 2.75) is 20.2 Å². The molecule has 0 saturated heterocycles. The van der Waals surface area contributed by atoms with E-state index in [4.69, 9.17) is 9.72 Å². The fourth-order valence-electron chi connectivity index (χ4n) is 3.25. The van der Waals surface area contributed by atoms with Crippen LogP contribution in [-0.4, -0.2) is 27.9 Å². The largest absolute Gasteiger partial charge is 0.573 e. The fraction of sp³-hybridized carbons (Fsp3) is 0.174. The van der Waals surface area contributed by atoms with Crippen molar-refractivity contribution in [3.63, 3.8) is 0 Å². The lowest BCUT2D eigenvalue weighted by molar-refractivity contribution is -0.274. The summed E-state index contributed by atoms with van der Waals surface area (Å²) in [6.45, 7) is 4.28. The first-order valence-electron chi connectivity index (χ1n) is 9.81. The number of aromatic nitrogens is 3. The van der Waals surface area contributed by atoms with Crippen LogP contribution in [0.2, 0.25) is 0 Å². The van der Waals surface area contributed by atoms with Crippen molar-refractivity contribution >= 4 is 22.4 Å². The van der Waals surface area contributed by atoms with Gasteiger partial charge in [-0.05, 0) is 55.8 Å². The van der Waals surface area contributed by atoms with Crippen LogP contribution in [0.3, 0.4) is 0 Å². The summed E-state index contributed by atoms with van der Waals surface area (Å²) in [6, 6.07) is 12.9. The monoisotopic (exact) mass is 440 g/mol. The van der Waals surface area contributed by atoms with E-state index in [1.807, 2.05) is 26.0 Å². The van der Waals surface area contributed by atoms with Gasteiger partial charge in [0.05, 0.1) is 12.1 Å². The van der Waals surface area contributed by atoms with Crippen LogP contribution >= 0.6 is 0 Å². The van der Waals surface area contributed by atoms with Crippen molar-refractivity contribution in [2.24, 2.45) is 0 Å². The average molecular weight is 440 g/mol. The Morgan fingerprint density at radius 1 is 1.00 bits per heavy atom. The number of anilines is 2. The van der Waals surface area contributed by atoms with Gasteiger partial charge in [0.25, 0.3) is 0 Å². The molecule has 0 saturated carbocycles. The van der Waals surface area contributed by atoms with Crippen molar-refractivity contribution in [2.75, 3.05) is 11.9 Å². The number of aryl methyl sites for hydroxylation is 1. The highest BCUT2D eigenvalue weighted by Crippen LogP contribution is 2.33. The Morgan fingerprint density at radius 3 is 2.56 bits per heavy atom. The van der Waals surface area contributed by atoms with Gasteiger partial charge in [0.15, 0.2) is 5.82 Å². The quantitative estimate of drug-likeness (QED) is 0.394. The van der Waals surface area contributed by atoms with E-state index >= 15 is 0 Å². The highest BCUT2D eigenvalue weighted by atomic mass is 19.4. The molecule has 1 N–H and O–H groups in total. The molecule has 6 nitrogen and oxygen atoms in total. The minimum atomic E-state index is -4.78. The average Bonchev–Trinajstić information content (AvgIpc) is 2.74. The van der Waals surface area contributed by atoms with Crippen LogP contribution in [0.15, 0.2) is 60.9 Å². The third-order valence-corrected chi connectivity index (χ3v) is 4.53. The first kappa shape index (κ1) is 21.4. The van der Waals surface area contributed by atoms with Gasteiger partial charge in [0.1, 0.15) is 17.3 Å². The summed E-state index contributed by atoms with van der Waals surface area (Å²) in [5.41, 5.74) is 2.64. The first-order valence-corrected chi connectivity index (χ1v) is 9.81. The molecular formula is C23H19F3N4O2. The Morgan fingerprint density at radius 2 is 1.84 bits per heavy atom. The van der Waals surface area contributed by atoms with E-state index in [2.05, 4.69) is 20.0 Å². The number of nitrogens with one attached hydrogen (secondary N) is 1. The summed E-state index contributed by atoms with van der Waals surface area (Å²) in [5.74, 6) is 1.16. The molecule has 9 heteroatoms. The molecule has 2 aromatic carbocycles. The van der Waals surface area contributed by atoms with E-state index in [1.165, 1.54) is 18.2 Å². The lowest BCUT2D eigenvalue weighted by Crippen LogP contribution is -2.17. The van der Waals surface area contributed by atoms with Crippen LogP contribution in [0.1, 0.15) is 12.5 Å². The normalized spacial score (nSPS) is 11.4. The SMILES string of the molecule is CCOc1cc(C)c2nc(-c3cccnc3)nc(Nc3cccc(OC(F)(F)F)c3)c2c1. The van der Waals surface area contributed by atoms with Crippen LogP contribution in [0, 0.1) is 6.92 Å². The van der Waals surface area contributed by atoms with Crippen LogP contribution < -0.4 is 14.8 Å². The summed E-state index contributed by atoms with van der Waals surface area (Å²) >= 11 is 0. The summed E-state index contributed by atoms with van der Waals surface area (Å²) in [5, 5.41) is 3.78. The van der Waals surface area contributed by atoms with Gasteiger partial charge >= 0.3 is 6.36 Å². The maximum Gasteiger partial charge on any atom is 0.573 e. The Balaban J connectivity index is 1.83. The van der Waals surface area contributed by atoms with Crippen LogP contribution in [0.25, 0.3) is 22.3 Å². The van der Waals surface area contributed by atoms with Gasteiger partial charge in [-0.3, -0.25) is 4.98 Å². The van der Waals surface area contributed by atoms with Crippen molar-refractivity contribution in [3.8, 4) is 22.9 Å². The van der Waals surface area contributed by atoms with E-state index in [0.29, 0.717) is 46.2 Å². The second kappa shape index (κ2) is 8.70. The summed E-state index contributed by atoms with van der Waals surface area (Å²) in [4.78, 5) is 13.4. The molecule has 0 aliphatic heterocycles. The lowest BCUT2D eigenvalue weighted by Gasteiger charge is -2.15. The molecule has 0 aliphatic rings. The second-order valence-electron chi connectivity index (χ2n) is 6.91. The molecule has 0 aliphatic carbocycles. The summed E-state index contributed by atoms with van der Waals surface area (Å²) < 4.78 is 47.6. The van der Waals surface area contributed by atoms with Crippen LogP contribution in [0.5, 0.6) is 11.5 Å². The predicted molar refractivity (Wildman–Crippen MR) is 115 cm³/mol. The molecule has 0 atom stereocenters. The van der Waals surface area contributed by atoms with Gasteiger partial charge in [-0.2, -0.15) is 0 Å². The first-order chi connectivity index (χ1) is 15.3. The highest BCUT2D eigenvalue weighted by Gasteiger charge is 2.31. The number of rotatable bonds is 6. The summed E-state index contributed by atoms with van der Waals surface area (Å²) in [7, 11) is 0. The van der Waals surface area contributed by atoms with Crippen molar-refractivity contribution in [1.82, 2.24) is 15.0 Å². The number of hydrogen-bond acceptors (Lipinski definition) is 6. The number of halogens is 3. The fourth-order valence-corrected chi connectivity index (χ4v) is 3.25. The molecule has 0 fully saturated rings. The van der Waals surface area contributed by atoms with Crippen molar-refractivity contribution < 1.29 is 22.6 Å². The molecule has 0 radical (unpaired) electrons. The Kier molecular flexibility index (Phi) is 5.81. The van der Waals surface area contributed by atoms with Crippen LogP contribution in [-0.2, 0) is 0 Å². The van der Waals surface area contributed by atoms with Crippen molar-refractivity contribution in [3.05, 3.63) is 66.5 Å². The lowest BCUT2D eigenvalue weighted by atomic mass is 10.1. The number of fused-ring (bicyclic) bond motifs is 1. The second-order valence-corrected chi connectivity index (χ2v) is 6.91. The molecule has 0 unspecified atom stereocenters. The summed E-state index contributed by atoms with van der Waals surface area (Å²) in [6.07, 6.45) is -1.49. The number of ether oxygens (including phenoxy) is 2.